The van der Waals surface area contributed by atoms with Gasteiger partial charge in [0.05, 0.1) is 23.8 Å². The van der Waals surface area contributed by atoms with Crippen molar-refractivity contribution in [2.24, 2.45) is 7.05 Å². The van der Waals surface area contributed by atoms with E-state index in [-0.39, 0.29) is 23.7 Å². The number of piperazine rings is 1. The number of rotatable bonds is 5. The summed E-state index contributed by atoms with van der Waals surface area (Å²) in [6, 6.07) is 3.20. The number of thiazole rings is 1. The average molecular weight is 471 g/mol. The maximum atomic E-state index is 14.0. The third-order valence-corrected chi connectivity index (χ3v) is 6.26. The second-order valence-corrected chi connectivity index (χ2v) is 8.53. The minimum Gasteiger partial charge on any atom is -0.353 e. The summed E-state index contributed by atoms with van der Waals surface area (Å²) in [5.74, 6) is -0.474. The topological polar surface area (TPSA) is 92.1 Å². The minimum atomic E-state index is -0.565. The van der Waals surface area contributed by atoms with Crippen molar-refractivity contribution in [2.45, 2.75) is 0 Å². The lowest BCUT2D eigenvalue weighted by Gasteiger charge is -2.35. The number of halogens is 2. The number of carbonyl (C=O) groups excluding carboxylic acids is 1. The van der Waals surface area contributed by atoms with Gasteiger partial charge < -0.3 is 10.2 Å². The Kier molecular flexibility index (Phi) is 5.68. The van der Waals surface area contributed by atoms with Gasteiger partial charge >= 0.3 is 0 Å². The Labute approximate surface area is 191 Å². The predicted octanol–water partition coefficient (Wildman–Crippen LogP) is 2.53. The second-order valence-electron chi connectivity index (χ2n) is 7.68. The van der Waals surface area contributed by atoms with Crippen molar-refractivity contribution in [3.63, 3.8) is 0 Å². The normalized spacial score (nSPS) is 14.7. The molecule has 33 heavy (non-hydrogen) atoms. The smallest absolute Gasteiger partial charge is 0.240 e. The Morgan fingerprint density at radius 3 is 2.82 bits per heavy atom. The van der Waals surface area contributed by atoms with Gasteiger partial charge in [-0.1, -0.05) is 0 Å². The standard InChI is InChI=1S/C21H20F2N8OS/c1-29-19-15(9-26-29)20(25-12-24-19)31-6-4-30(5-7-31)10-18(32)28-21-27-17(11-33-21)14-8-13(22)2-3-16(14)23/h2-3,8-9,11-12H,4-7,10H2,1H3,(H,27,28,32). The van der Waals surface area contributed by atoms with Gasteiger partial charge in [-0.05, 0) is 18.2 Å². The van der Waals surface area contributed by atoms with Crippen molar-refractivity contribution in [3.8, 4) is 11.3 Å². The molecule has 3 aromatic heterocycles. The van der Waals surface area contributed by atoms with Crippen molar-refractivity contribution in [2.75, 3.05) is 42.9 Å². The van der Waals surface area contributed by atoms with Crippen LogP contribution >= 0.6 is 11.3 Å². The van der Waals surface area contributed by atoms with E-state index >= 15 is 0 Å². The molecule has 1 amide bonds. The van der Waals surface area contributed by atoms with Crippen LogP contribution in [0.15, 0.2) is 36.1 Å². The molecule has 4 heterocycles. The molecule has 1 aliphatic heterocycles. The summed E-state index contributed by atoms with van der Waals surface area (Å²) in [6.07, 6.45) is 3.31. The number of fused-ring (bicyclic) bond motifs is 1. The number of hydrogen-bond acceptors (Lipinski definition) is 8. The SMILES string of the molecule is Cn1ncc2c(N3CCN(CC(=O)Nc4nc(-c5cc(F)ccc5F)cs4)CC3)ncnc21. The first-order valence-electron chi connectivity index (χ1n) is 10.3. The van der Waals surface area contributed by atoms with Crippen LogP contribution in [0.1, 0.15) is 0 Å². The molecule has 1 N–H and O–H groups in total. The van der Waals surface area contributed by atoms with Crippen LogP contribution in [-0.2, 0) is 11.8 Å². The van der Waals surface area contributed by atoms with Gasteiger partial charge in [0.1, 0.15) is 23.8 Å². The highest BCUT2D eigenvalue weighted by molar-refractivity contribution is 7.14. The van der Waals surface area contributed by atoms with E-state index in [9.17, 15) is 13.6 Å². The number of aryl methyl sites for hydroxylation is 1. The van der Waals surface area contributed by atoms with E-state index in [4.69, 9.17) is 0 Å². The fourth-order valence-electron chi connectivity index (χ4n) is 3.83. The minimum absolute atomic E-state index is 0.0651. The van der Waals surface area contributed by atoms with Crippen molar-refractivity contribution in [1.29, 1.82) is 0 Å². The fourth-order valence-corrected chi connectivity index (χ4v) is 4.56. The molecule has 0 radical (unpaired) electrons. The number of nitrogens with one attached hydrogen (secondary N) is 1. The number of carbonyl (C=O) groups is 1. The zero-order valence-corrected chi connectivity index (χ0v) is 18.5. The molecule has 9 nitrogen and oxygen atoms in total. The average Bonchev–Trinajstić information content (AvgIpc) is 3.43. The lowest BCUT2D eigenvalue weighted by Crippen LogP contribution is -2.49. The van der Waals surface area contributed by atoms with Gasteiger partial charge in [0, 0.05) is 44.2 Å². The summed E-state index contributed by atoms with van der Waals surface area (Å²) < 4.78 is 29.1. The van der Waals surface area contributed by atoms with Crippen LogP contribution in [0, 0.1) is 11.6 Å². The highest BCUT2D eigenvalue weighted by Gasteiger charge is 2.22. The third-order valence-electron chi connectivity index (χ3n) is 5.50. The quantitative estimate of drug-likeness (QED) is 0.479. The van der Waals surface area contributed by atoms with Crippen LogP contribution in [0.4, 0.5) is 19.7 Å². The molecule has 1 aliphatic rings. The number of nitrogens with zero attached hydrogens (tertiary/aromatic N) is 7. The first-order chi connectivity index (χ1) is 16.0. The number of benzene rings is 1. The summed E-state index contributed by atoms with van der Waals surface area (Å²) in [6.45, 7) is 3.03. The summed E-state index contributed by atoms with van der Waals surface area (Å²) in [4.78, 5) is 29.7. The molecular weight excluding hydrogens is 450 g/mol. The van der Waals surface area contributed by atoms with Crippen molar-refractivity contribution in [1.82, 2.24) is 29.6 Å². The number of anilines is 2. The molecule has 4 aromatic rings. The predicted molar refractivity (Wildman–Crippen MR) is 121 cm³/mol. The lowest BCUT2D eigenvalue weighted by atomic mass is 10.1. The van der Waals surface area contributed by atoms with Gasteiger partial charge in [0.25, 0.3) is 0 Å². The van der Waals surface area contributed by atoms with Gasteiger partial charge in [-0.25, -0.2) is 23.7 Å². The van der Waals surface area contributed by atoms with Gasteiger partial charge in [-0.3, -0.25) is 14.4 Å². The molecule has 1 saturated heterocycles. The summed E-state index contributed by atoms with van der Waals surface area (Å²) in [5.41, 5.74) is 1.13. The molecule has 0 spiro atoms. The molecule has 0 bridgehead atoms. The number of aromatic nitrogens is 5. The van der Waals surface area contributed by atoms with E-state index in [1.165, 1.54) is 17.7 Å². The van der Waals surface area contributed by atoms with E-state index in [0.29, 0.717) is 31.3 Å². The summed E-state index contributed by atoms with van der Waals surface area (Å²) >= 11 is 1.17. The molecule has 1 aromatic carbocycles. The highest BCUT2D eigenvalue weighted by atomic mass is 32.1. The van der Waals surface area contributed by atoms with Gasteiger partial charge in [-0.15, -0.1) is 11.3 Å². The zero-order valence-electron chi connectivity index (χ0n) is 17.7. The largest absolute Gasteiger partial charge is 0.353 e. The first kappa shape index (κ1) is 21.3. The Morgan fingerprint density at radius 1 is 1.18 bits per heavy atom. The van der Waals surface area contributed by atoms with Crippen LogP contribution in [0.2, 0.25) is 0 Å². The Morgan fingerprint density at radius 2 is 2.00 bits per heavy atom. The lowest BCUT2D eigenvalue weighted by molar-refractivity contribution is -0.117. The molecule has 0 unspecified atom stereocenters. The van der Waals surface area contributed by atoms with Crippen molar-refractivity contribution in [3.05, 3.63) is 47.7 Å². The van der Waals surface area contributed by atoms with E-state index in [1.807, 2.05) is 11.9 Å². The van der Waals surface area contributed by atoms with E-state index in [0.717, 1.165) is 35.1 Å². The number of hydrogen-bond donors (Lipinski definition) is 1. The molecule has 0 atom stereocenters. The van der Waals surface area contributed by atoms with Gasteiger partial charge in [0.15, 0.2) is 10.8 Å². The molecule has 170 valence electrons. The van der Waals surface area contributed by atoms with Crippen LogP contribution in [0.3, 0.4) is 0 Å². The van der Waals surface area contributed by atoms with Crippen LogP contribution in [0.5, 0.6) is 0 Å². The van der Waals surface area contributed by atoms with E-state index in [1.54, 1.807) is 16.3 Å². The van der Waals surface area contributed by atoms with E-state index in [2.05, 4.69) is 30.3 Å². The van der Waals surface area contributed by atoms with Gasteiger partial charge in [-0.2, -0.15) is 5.10 Å². The maximum Gasteiger partial charge on any atom is 0.240 e. The fraction of sp³-hybridized carbons (Fsp3) is 0.286. The monoisotopic (exact) mass is 470 g/mol. The Hall–Kier alpha value is -3.51. The molecule has 5 rings (SSSR count). The van der Waals surface area contributed by atoms with Crippen LogP contribution < -0.4 is 10.2 Å². The van der Waals surface area contributed by atoms with Crippen LogP contribution in [0.25, 0.3) is 22.3 Å². The first-order valence-corrected chi connectivity index (χ1v) is 11.2. The Bertz CT molecular complexity index is 1310. The summed E-state index contributed by atoms with van der Waals surface area (Å²) in [5, 5.41) is 9.84. The van der Waals surface area contributed by atoms with Gasteiger partial charge in [0.2, 0.25) is 5.91 Å². The summed E-state index contributed by atoms with van der Waals surface area (Å²) in [7, 11) is 1.84. The second kappa shape index (κ2) is 8.79. The molecular formula is C21H20F2N8OS. The number of amides is 1. The third kappa shape index (κ3) is 4.39. The van der Waals surface area contributed by atoms with E-state index < -0.39 is 11.6 Å². The molecule has 0 aliphatic carbocycles. The van der Waals surface area contributed by atoms with Crippen molar-refractivity contribution < 1.29 is 13.6 Å². The maximum absolute atomic E-state index is 14.0. The zero-order chi connectivity index (χ0) is 22.9. The Balaban J connectivity index is 1.17. The van der Waals surface area contributed by atoms with Crippen molar-refractivity contribution >= 4 is 39.2 Å². The molecule has 12 heteroatoms. The molecule has 1 fully saturated rings. The highest BCUT2D eigenvalue weighted by Crippen LogP contribution is 2.28. The van der Waals surface area contributed by atoms with Crippen LogP contribution in [-0.4, -0.2) is 68.3 Å². The molecule has 0 saturated carbocycles.